The zero-order valence-corrected chi connectivity index (χ0v) is 11.8. The summed E-state index contributed by atoms with van der Waals surface area (Å²) < 4.78 is 10.3. The van der Waals surface area contributed by atoms with E-state index in [1.165, 1.54) is 11.1 Å². The molecule has 0 fully saturated rings. The SMILES string of the molecule is CCOC(=O)CC1c2ccc(OC)cc2CCN1C. The van der Waals surface area contributed by atoms with Gasteiger partial charge >= 0.3 is 5.97 Å². The van der Waals surface area contributed by atoms with Crippen molar-refractivity contribution >= 4 is 5.97 Å². The highest BCUT2D eigenvalue weighted by Crippen LogP contribution is 2.33. The number of carbonyl (C=O) groups is 1. The van der Waals surface area contributed by atoms with Crippen molar-refractivity contribution in [2.45, 2.75) is 25.8 Å². The first-order chi connectivity index (χ1) is 9.15. The third-order valence-electron chi connectivity index (χ3n) is 3.64. The molecule has 1 unspecified atom stereocenters. The Morgan fingerprint density at radius 2 is 2.26 bits per heavy atom. The van der Waals surface area contributed by atoms with Crippen molar-refractivity contribution in [1.82, 2.24) is 4.90 Å². The fourth-order valence-corrected chi connectivity index (χ4v) is 2.58. The van der Waals surface area contributed by atoms with Gasteiger partial charge in [0.25, 0.3) is 0 Å². The highest BCUT2D eigenvalue weighted by Gasteiger charge is 2.27. The second-order valence-electron chi connectivity index (χ2n) is 4.82. The molecule has 0 spiro atoms. The second-order valence-corrected chi connectivity index (χ2v) is 4.82. The molecule has 1 heterocycles. The average molecular weight is 263 g/mol. The van der Waals surface area contributed by atoms with E-state index < -0.39 is 0 Å². The van der Waals surface area contributed by atoms with E-state index >= 15 is 0 Å². The van der Waals surface area contributed by atoms with Gasteiger partial charge in [-0.2, -0.15) is 0 Å². The van der Waals surface area contributed by atoms with Crippen LogP contribution in [0.4, 0.5) is 0 Å². The minimum absolute atomic E-state index is 0.105. The van der Waals surface area contributed by atoms with E-state index in [2.05, 4.69) is 24.1 Å². The molecule has 0 amide bonds. The van der Waals surface area contributed by atoms with Crippen LogP contribution in [0.1, 0.15) is 30.5 Å². The summed E-state index contributed by atoms with van der Waals surface area (Å²) in [5.41, 5.74) is 2.48. The number of rotatable bonds is 4. The molecule has 2 rings (SSSR count). The van der Waals surface area contributed by atoms with Crippen LogP contribution < -0.4 is 4.74 Å². The number of methoxy groups -OCH3 is 1. The lowest BCUT2D eigenvalue weighted by atomic mass is 9.91. The number of esters is 1. The van der Waals surface area contributed by atoms with E-state index in [0.29, 0.717) is 13.0 Å². The molecule has 1 atom stereocenters. The van der Waals surface area contributed by atoms with Crippen LogP contribution in [0.3, 0.4) is 0 Å². The maximum Gasteiger partial charge on any atom is 0.307 e. The van der Waals surface area contributed by atoms with Crippen LogP contribution in [-0.2, 0) is 16.0 Å². The molecule has 0 bridgehead atoms. The van der Waals surface area contributed by atoms with E-state index in [1.807, 2.05) is 13.0 Å². The standard InChI is InChI=1S/C15H21NO3/c1-4-19-15(17)10-14-13-6-5-12(18-3)9-11(13)7-8-16(14)2/h5-6,9,14H,4,7-8,10H2,1-3H3. The van der Waals surface area contributed by atoms with Crippen molar-refractivity contribution in [2.24, 2.45) is 0 Å². The number of hydrogen-bond donors (Lipinski definition) is 0. The van der Waals surface area contributed by atoms with Gasteiger partial charge < -0.3 is 9.47 Å². The lowest BCUT2D eigenvalue weighted by Gasteiger charge is -2.34. The molecular weight excluding hydrogens is 242 g/mol. The largest absolute Gasteiger partial charge is 0.497 e. The van der Waals surface area contributed by atoms with Gasteiger partial charge in [-0.3, -0.25) is 9.69 Å². The molecule has 0 aromatic heterocycles. The lowest BCUT2D eigenvalue weighted by molar-refractivity contribution is -0.144. The summed E-state index contributed by atoms with van der Waals surface area (Å²) in [6.45, 7) is 3.22. The van der Waals surface area contributed by atoms with Gasteiger partial charge in [-0.05, 0) is 43.7 Å². The first-order valence-corrected chi connectivity index (χ1v) is 6.68. The lowest BCUT2D eigenvalue weighted by Crippen LogP contribution is -2.33. The smallest absolute Gasteiger partial charge is 0.307 e. The Bertz CT molecular complexity index is 459. The van der Waals surface area contributed by atoms with Crippen LogP contribution in [0.15, 0.2) is 18.2 Å². The number of benzene rings is 1. The molecule has 0 radical (unpaired) electrons. The molecule has 1 aromatic carbocycles. The van der Waals surface area contributed by atoms with E-state index in [-0.39, 0.29) is 12.0 Å². The highest BCUT2D eigenvalue weighted by molar-refractivity contribution is 5.70. The third kappa shape index (κ3) is 3.07. The predicted octanol–water partition coefficient (Wildman–Crippen LogP) is 2.18. The van der Waals surface area contributed by atoms with Crippen LogP contribution in [-0.4, -0.2) is 38.2 Å². The van der Waals surface area contributed by atoms with E-state index in [4.69, 9.17) is 9.47 Å². The van der Waals surface area contributed by atoms with Crippen LogP contribution in [0.5, 0.6) is 5.75 Å². The van der Waals surface area contributed by atoms with Gasteiger partial charge in [0.1, 0.15) is 5.75 Å². The topological polar surface area (TPSA) is 38.8 Å². The van der Waals surface area contributed by atoms with Crippen molar-refractivity contribution in [2.75, 3.05) is 27.3 Å². The fraction of sp³-hybridized carbons (Fsp3) is 0.533. The van der Waals surface area contributed by atoms with Gasteiger partial charge in [0.2, 0.25) is 0 Å². The summed E-state index contributed by atoms with van der Waals surface area (Å²) >= 11 is 0. The Morgan fingerprint density at radius 1 is 1.47 bits per heavy atom. The molecule has 19 heavy (non-hydrogen) atoms. The van der Waals surface area contributed by atoms with E-state index in [0.717, 1.165) is 18.7 Å². The summed E-state index contributed by atoms with van der Waals surface area (Å²) in [4.78, 5) is 13.9. The predicted molar refractivity (Wildman–Crippen MR) is 73.3 cm³/mol. The third-order valence-corrected chi connectivity index (χ3v) is 3.64. The molecule has 1 aromatic rings. The van der Waals surface area contributed by atoms with Crippen molar-refractivity contribution in [3.8, 4) is 5.75 Å². The normalized spacial score (nSPS) is 18.8. The molecule has 1 aliphatic rings. The van der Waals surface area contributed by atoms with Crippen LogP contribution in [0.2, 0.25) is 0 Å². The summed E-state index contributed by atoms with van der Waals surface area (Å²) in [7, 11) is 3.73. The maximum atomic E-state index is 11.7. The first-order valence-electron chi connectivity index (χ1n) is 6.68. The zero-order valence-electron chi connectivity index (χ0n) is 11.8. The van der Waals surface area contributed by atoms with Crippen molar-refractivity contribution in [3.63, 3.8) is 0 Å². The Balaban J connectivity index is 2.22. The number of carbonyl (C=O) groups excluding carboxylic acids is 1. The number of ether oxygens (including phenoxy) is 2. The molecule has 0 saturated carbocycles. The number of hydrogen-bond acceptors (Lipinski definition) is 4. The van der Waals surface area contributed by atoms with E-state index in [9.17, 15) is 4.79 Å². The first kappa shape index (κ1) is 13.9. The van der Waals surface area contributed by atoms with Gasteiger partial charge in [-0.1, -0.05) is 6.07 Å². The van der Waals surface area contributed by atoms with Gasteiger partial charge in [0.05, 0.1) is 20.1 Å². The molecule has 1 aliphatic heterocycles. The Morgan fingerprint density at radius 3 is 2.95 bits per heavy atom. The van der Waals surface area contributed by atoms with Gasteiger partial charge in [0, 0.05) is 12.6 Å². The van der Waals surface area contributed by atoms with Crippen molar-refractivity contribution < 1.29 is 14.3 Å². The molecule has 0 N–H and O–H groups in total. The van der Waals surface area contributed by atoms with Gasteiger partial charge in [-0.25, -0.2) is 0 Å². The minimum Gasteiger partial charge on any atom is -0.497 e. The quantitative estimate of drug-likeness (QED) is 0.780. The highest BCUT2D eigenvalue weighted by atomic mass is 16.5. The van der Waals surface area contributed by atoms with E-state index in [1.54, 1.807) is 7.11 Å². The molecule has 104 valence electrons. The minimum atomic E-state index is -0.136. The second kappa shape index (κ2) is 6.06. The molecule has 4 heteroatoms. The molecule has 0 saturated heterocycles. The number of fused-ring (bicyclic) bond motifs is 1. The van der Waals surface area contributed by atoms with Crippen LogP contribution in [0.25, 0.3) is 0 Å². The number of likely N-dealkylation sites (N-methyl/N-ethyl adjacent to an activating group) is 1. The Kier molecular flexibility index (Phi) is 4.43. The summed E-state index contributed by atoms with van der Waals surface area (Å²) in [5.74, 6) is 0.737. The van der Waals surface area contributed by atoms with Crippen LogP contribution in [0, 0.1) is 0 Å². The maximum absolute atomic E-state index is 11.7. The van der Waals surface area contributed by atoms with Gasteiger partial charge in [-0.15, -0.1) is 0 Å². The summed E-state index contributed by atoms with van der Waals surface area (Å²) in [6, 6.07) is 6.19. The van der Waals surface area contributed by atoms with Crippen molar-refractivity contribution in [3.05, 3.63) is 29.3 Å². The fourth-order valence-electron chi connectivity index (χ4n) is 2.58. The van der Waals surface area contributed by atoms with Crippen molar-refractivity contribution in [1.29, 1.82) is 0 Å². The molecule has 4 nitrogen and oxygen atoms in total. The summed E-state index contributed by atoms with van der Waals surface area (Å²) in [5, 5.41) is 0. The molecular formula is C15H21NO3. The summed E-state index contributed by atoms with van der Waals surface area (Å²) in [6.07, 6.45) is 1.39. The molecule has 0 aliphatic carbocycles. The monoisotopic (exact) mass is 263 g/mol. The van der Waals surface area contributed by atoms with Crippen LogP contribution >= 0.6 is 0 Å². The Hall–Kier alpha value is -1.55. The Labute approximate surface area is 114 Å². The number of nitrogens with zero attached hydrogens (tertiary/aromatic N) is 1. The average Bonchev–Trinajstić information content (AvgIpc) is 2.41. The zero-order chi connectivity index (χ0) is 13.8. The van der Waals surface area contributed by atoms with Gasteiger partial charge in [0.15, 0.2) is 0 Å².